The summed E-state index contributed by atoms with van der Waals surface area (Å²) in [7, 11) is 0. The van der Waals surface area contributed by atoms with Gasteiger partial charge in [0.2, 0.25) is 0 Å². The third kappa shape index (κ3) is 6.05. The standard InChI is InChI=1S/3C6H5.C4H8O2.Sn/c3*1-2-4-6-5-3-1;1-3(2)4(5)6;/h3*1-5H;3H,1-2H3,(H,5,6);. The zero-order valence-corrected chi connectivity index (χ0v) is 17.4. The molecule has 0 aliphatic rings. The molecule has 0 aliphatic heterocycles. The van der Waals surface area contributed by atoms with Crippen LogP contribution in [0.4, 0.5) is 0 Å². The predicted molar refractivity (Wildman–Crippen MR) is 106 cm³/mol. The van der Waals surface area contributed by atoms with Gasteiger partial charge in [-0.15, -0.1) is 0 Å². The summed E-state index contributed by atoms with van der Waals surface area (Å²) in [5.41, 5.74) is 0. The van der Waals surface area contributed by atoms with Gasteiger partial charge in [0.05, 0.1) is 5.92 Å². The summed E-state index contributed by atoms with van der Waals surface area (Å²) in [6.45, 7) is 3.28. The fraction of sp³-hybridized carbons (Fsp3) is 0.136. The molecule has 0 heterocycles. The van der Waals surface area contributed by atoms with E-state index in [-0.39, 0.29) is 5.92 Å². The Kier molecular flexibility index (Phi) is 7.73. The van der Waals surface area contributed by atoms with E-state index in [2.05, 4.69) is 91.0 Å². The minimum atomic E-state index is -1.98. The van der Waals surface area contributed by atoms with Crippen molar-refractivity contribution in [2.75, 3.05) is 0 Å². The average Bonchev–Trinajstić information content (AvgIpc) is 2.65. The van der Waals surface area contributed by atoms with E-state index in [0.29, 0.717) is 0 Å². The average molecular weight is 438 g/mol. The zero-order chi connectivity index (χ0) is 18.1. The molecule has 0 saturated carbocycles. The minimum absolute atomic E-state index is 0.231. The predicted octanol–water partition coefficient (Wildman–Crippen LogP) is 2.93. The molecule has 1 N–H and O–H groups in total. The summed E-state index contributed by atoms with van der Waals surface area (Å²) in [5, 5.41) is 7.99. The first-order valence-electron chi connectivity index (χ1n) is 8.35. The first-order valence-corrected chi connectivity index (χ1v) is 12.6. The third-order valence-electron chi connectivity index (χ3n) is 3.68. The molecule has 0 spiro atoms. The van der Waals surface area contributed by atoms with Crippen LogP contribution in [0.5, 0.6) is 0 Å². The van der Waals surface area contributed by atoms with Crippen LogP contribution in [0.15, 0.2) is 91.0 Å². The van der Waals surface area contributed by atoms with Crippen LogP contribution in [0.3, 0.4) is 0 Å². The Morgan fingerprint density at radius 2 is 0.920 bits per heavy atom. The van der Waals surface area contributed by atoms with Crippen molar-refractivity contribution < 1.29 is 9.90 Å². The molecule has 3 heteroatoms. The molecule has 0 unspecified atom stereocenters. The van der Waals surface area contributed by atoms with Gasteiger partial charge in [-0.3, -0.25) is 4.79 Å². The molecule has 0 atom stereocenters. The van der Waals surface area contributed by atoms with E-state index in [9.17, 15) is 4.79 Å². The molecule has 25 heavy (non-hydrogen) atoms. The second-order valence-corrected chi connectivity index (χ2v) is 13.1. The summed E-state index contributed by atoms with van der Waals surface area (Å²) in [6.07, 6.45) is 0. The summed E-state index contributed by atoms with van der Waals surface area (Å²) < 4.78 is 4.59. The molecule has 0 aliphatic carbocycles. The molecule has 0 aromatic heterocycles. The summed E-state index contributed by atoms with van der Waals surface area (Å²) in [6, 6.07) is 32.9. The van der Waals surface area contributed by atoms with Gasteiger partial charge in [-0.1, -0.05) is 13.8 Å². The Balaban J connectivity index is 0.000000326. The monoisotopic (exact) mass is 439 g/mol. The molecule has 3 rings (SSSR count). The molecule has 2 nitrogen and oxygen atoms in total. The van der Waals surface area contributed by atoms with Crippen LogP contribution in [-0.2, 0) is 4.79 Å². The van der Waals surface area contributed by atoms with E-state index < -0.39 is 25.7 Å². The van der Waals surface area contributed by atoms with Crippen molar-refractivity contribution in [2.45, 2.75) is 13.8 Å². The van der Waals surface area contributed by atoms with Crippen LogP contribution < -0.4 is 10.7 Å². The fourth-order valence-electron chi connectivity index (χ4n) is 2.31. The normalized spacial score (nSPS) is 10.2. The van der Waals surface area contributed by atoms with Gasteiger partial charge in [0, 0.05) is 0 Å². The molecule has 3 aromatic carbocycles. The van der Waals surface area contributed by atoms with E-state index in [1.54, 1.807) is 13.8 Å². The van der Waals surface area contributed by atoms with Crippen molar-refractivity contribution in [3.05, 3.63) is 91.0 Å². The van der Waals surface area contributed by atoms with Crippen LogP contribution in [0, 0.1) is 5.92 Å². The van der Waals surface area contributed by atoms with Crippen molar-refractivity contribution in [1.29, 1.82) is 0 Å². The summed E-state index contributed by atoms with van der Waals surface area (Å²) in [5.74, 6) is -0.972. The quantitative estimate of drug-likeness (QED) is 0.637. The number of carbonyl (C=O) groups is 1. The number of carboxylic acids is 1. The number of rotatable bonds is 4. The van der Waals surface area contributed by atoms with E-state index >= 15 is 0 Å². The van der Waals surface area contributed by atoms with Gasteiger partial charge in [-0.2, -0.15) is 0 Å². The number of aliphatic carboxylic acids is 1. The molecule has 0 fully saturated rings. The number of carboxylic acid groups (broad SMARTS) is 1. The van der Waals surface area contributed by atoms with Crippen molar-refractivity contribution in [3.63, 3.8) is 0 Å². The molecule has 3 aromatic rings. The van der Waals surface area contributed by atoms with Crippen molar-refractivity contribution in [1.82, 2.24) is 0 Å². The Hall–Kier alpha value is -2.07. The van der Waals surface area contributed by atoms with Crippen LogP contribution in [0.25, 0.3) is 0 Å². The molecule has 127 valence electrons. The third-order valence-corrected chi connectivity index (χ3v) is 11.5. The van der Waals surface area contributed by atoms with Crippen molar-refractivity contribution in [2.24, 2.45) is 5.92 Å². The van der Waals surface area contributed by atoms with E-state index in [1.807, 2.05) is 0 Å². The van der Waals surface area contributed by atoms with Crippen LogP contribution in [0.2, 0.25) is 0 Å². The van der Waals surface area contributed by atoms with Gasteiger partial charge in [-0.25, -0.2) is 0 Å². The van der Waals surface area contributed by atoms with Crippen LogP contribution in [0.1, 0.15) is 13.8 Å². The van der Waals surface area contributed by atoms with Crippen LogP contribution in [-0.4, -0.2) is 30.8 Å². The molecule has 0 saturated heterocycles. The Bertz CT molecular complexity index is 662. The maximum atomic E-state index is 9.70. The van der Waals surface area contributed by atoms with Gasteiger partial charge in [0.1, 0.15) is 0 Å². The number of hydrogen-bond acceptors (Lipinski definition) is 1. The molecule has 0 amide bonds. The van der Waals surface area contributed by atoms with Gasteiger partial charge >= 0.3 is 127 Å². The number of hydrogen-bond donors (Lipinski definition) is 1. The van der Waals surface area contributed by atoms with Gasteiger partial charge in [0.15, 0.2) is 0 Å². The van der Waals surface area contributed by atoms with E-state index in [1.165, 1.54) is 10.7 Å². The Morgan fingerprint density at radius 1 is 0.680 bits per heavy atom. The number of benzene rings is 3. The van der Waals surface area contributed by atoms with Crippen LogP contribution >= 0.6 is 0 Å². The second-order valence-electron chi connectivity index (χ2n) is 5.97. The van der Waals surface area contributed by atoms with E-state index in [4.69, 9.17) is 5.11 Å². The first-order chi connectivity index (χ1) is 12.1. The molecule has 1 radical (unpaired) electrons. The zero-order valence-electron chi connectivity index (χ0n) is 14.6. The van der Waals surface area contributed by atoms with Crippen molar-refractivity contribution in [3.8, 4) is 0 Å². The SMILES string of the molecule is CC(C)C(=O)O.c1cc[c]([Sn]([c]2ccccc2)[c]2ccccc2)cc1. The second kappa shape index (κ2) is 10.0. The molecular weight excluding hydrogens is 415 g/mol. The Morgan fingerprint density at radius 3 is 1.12 bits per heavy atom. The topological polar surface area (TPSA) is 37.3 Å². The summed E-state index contributed by atoms with van der Waals surface area (Å²) in [4.78, 5) is 9.70. The van der Waals surface area contributed by atoms with Gasteiger partial charge in [0.25, 0.3) is 0 Å². The van der Waals surface area contributed by atoms with Gasteiger partial charge in [-0.05, 0) is 0 Å². The maximum absolute atomic E-state index is 9.70. The molecule has 0 bridgehead atoms. The fourth-order valence-corrected chi connectivity index (χ4v) is 9.67. The summed E-state index contributed by atoms with van der Waals surface area (Å²) >= 11 is -1.98. The van der Waals surface area contributed by atoms with Crippen molar-refractivity contribution >= 4 is 36.5 Å². The molecular formula is C22H23O2Sn. The Labute approximate surface area is 156 Å². The first kappa shape index (κ1) is 19.3. The van der Waals surface area contributed by atoms with E-state index in [0.717, 1.165) is 0 Å². The van der Waals surface area contributed by atoms with Gasteiger partial charge < -0.3 is 5.11 Å².